The van der Waals surface area contributed by atoms with Crippen LogP contribution in [0.5, 0.6) is 0 Å². The Labute approximate surface area is 132 Å². The number of rotatable bonds is 2. The minimum atomic E-state index is 0.161. The Bertz CT molecular complexity index is 679. The van der Waals surface area contributed by atoms with Crippen molar-refractivity contribution in [2.24, 2.45) is 5.92 Å². The van der Waals surface area contributed by atoms with E-state index in [0.717, 1.165) is 28.4 Å². The van der Waals surface area contributed by atoms with Crippen molar-refractivity contribution in [2.75, 3.05) is 12.3 Å². The highest BCUT2D eigenvalue weighted by atomic mass is 32.1. The van der Waals surface area contributed by atoms with Gasteiger partial charge < -0.3 is 10.6 Å². The summed E-state index contributed by atoms with van der Waals surface area (Å²) in [4.78, 5) is 18.3. The van der Waals surface area contributed by atoms with Gasteiger partial charge in [-0.1, -0.05) is 0 Å². The molecule has 2 N–H and O–H groups in total. The number of hydrogen-bond acceptors (Lipinski definition) is 4. The third-order valence-corrected chi connectivity index (χ3v) is 6.56. The molecule has 0 saturated heterocycles. The Kier molecular flexibility index (Phi) is 3.08. The van der Waals surface area contributed by atoms with Crippen molar-refractivity contribution < 1.29 is 4.79 Å². The van der Waals surface area contributed by atoms with Crippen molar-refractivity contribution in [3.8, 4) is 0 Å². The Morgan fingerprint density at radius 2 is 2.24 bits per heavy atom. The molecule has 2 aromatic rings. The summed E-state index contributed by atoms with van der Waals surface area (Å²) in [7, 11) is 0. The maximum atomic E-state index is 12.9. The van der Waals surface area contributed by atoms with Gasteiger partial charge in [-0.15, -0.1) is 22.7 Å². The molecule has 2 aliphatic rings. The van der Waals surface area contributed by atoms with Crippen molar-refractivity contribution in [1.82, 2.24) is 4.90 Å². The van der Waals surface area contributed by atoms with Gasteiger partial charge in [0.05, 0.1) is 10.9 Å². The lowest BCUT2D eigenvalue weighted by atomic mass is 9.95. The first-order valence-electron chi connectivity index (χ1n) is 7.38. The molecule has 3 nitrogen and oxygen atoms in total. The third kappa shape index (κ3) is 2.19. The van der Waals surface area contributed by atoms with E-state index in [1.54, 1.807) is 0 Å². The molecule has 3 heterocycles. The van der Waals surface area contributed by atoms with E-state index < -0.39 is 0 Å². The molecule has 0 bridgehead atoms. The molecule has 1 aliphatic heterocycles. The first-order valence-corrected chi connectivity index (χ1v) is 9.08. The van der Waals surface area contributed by atoms with Crippen molar-refractivity contribution >= 4 is 34.3 Å². The number of nitrogens with two attached hydrogens (primary N) is 1. The maximum absolute atomic E-state index is 12.9. The Morgan fingerprint density at radius 3 is 2.90 bits per heavy atom. The molecular weight excluding hydrogens is 300 g/mol. The first kappa shape index (κ1) is 13.3. The second kappa shape index (κ2) is 4.85. The SMILES string of the molecule is Cc1sc(C(=O)N2CCc3sccc3C2C2CC2)cc1N. The van der Waals surface area contributed by atoms with Crippen molar-refractivity contribution in [2.45, 2.75) is 32.2 Å². The van der Waals surface area contributed by atoms with E-state index in [1.165, 1.54) is 34.6 Å². The largest absolute Gasteiger partial charge is 0.398 e. The molecule has 0 radical (unpaired) electrons. The number of carbonyl (C=O) groups excluding carboxylic acids is 1. The average Bonchev–Trinajstić information content (AvgIpc) is 3.10. The van der Waals surface area contributed by atoms with Gasteiger partial charge in [0.25, 0.3) is 5.91 Å². The molecular formula is C16H18N2OS2. The lowest BCUT2D eigenvalue weighted by Crippen LogP contribution is -2.40. The van der Waals surface area contributed by atoms with E-state index in [0.29, 0.717) is 5.92 Å². The fourth-order valence-electron chi connectivity index (χ4n) is 3.24. The molecule has 0 spiro atoms. The summed E-state index contributed by atoms with van der Waals surface area (Å²) in [5, 5.41) is 2.17. The summed E-state index contributed by atoms with van der Waals surface area (Å²) in [6.07, 6.45) is 3.48. The molecule has 1 atom stereocenters. The topological polar surface area (TPSA) is 46.3 Å². The van der Waals surface area contributed by atoms with Gasteiger partial charge in [-0.25, -0.2) is 0 Å². The predicted octanol–water partition coefficient (Wildman–Crippen LogP) is 3.85. The number of nitrogen functional groups attached to an aromatic ring is 1. The molecule has 110 valence electrons. The zero-order valence-electron chi connectivity index (χ0n) is 12.0. The minimum Gasteiger partial charge on any atom is -0.398 e. The molecule has 0 aromatic carbocycles. The van der Waals surface area contributed by atoms with Gasteiger partial charge in [-0.2, -0.15) is 0 Å². The van der Waals surface area contributed by atoms with Gasteiger partial charge in [0.1, 0.15) is 0 Å². The number of aryl methyl sites for hydroxylation is 1. The zero-order valence-corrected chi connectivity index (χ0v) is 13.6. The average molecular weight is 318 g/mol. The number of anilines is 1. The molecule has 1 fully saturated rings. The zero-order chi connectivity index (χ0) is 14.6. The second-order valence-electron chi connectivity index (χ2n) is 5.95. The van der Waals surface area contributed by atoms with Crippen molar-refractivity contribution in [1.29, 1.82) is 0 Å². The van der Waals surface area contributed by atoms with Crippen LogP contribution in [0.2, 0.25) is 0 Å². The summed E-state index contributed by atoms with van der Waals surface area (Å²) in [5.41, 5.74) is 8.04. The van der Waals surface area contributed by atoms with E-state index in [-0.39, 0.29) is 11.9 Å². The number of nitrogens with zero attached hydrogens (tertiary/aromatic N) is 1. The van der Waals surface area contributed by atoms with Crippen LogP contribution >= 0.6 is 22.7 Å². The molecule has 1 aliphatic carbocycles. The van der Waals surface area contributed by atoms with Gasteiger partial charge in [-0.05, 0) is 55.2 Å². The predicted molar refractivity (Wildman–Crippen MR) is 88.0 cm³/mol. The van der Waals surface area contributed by atoms with Gasteiger partial charge in [-0.3, -0.25) is 4.79 Å². The number of fused-ring (bicyclic) bond motifs is 1. The smallest absolute Gasteiger partial charge is 0.264 e. The Hall–Kier alpha value is -1.33. The van der Waals surface area contributed by atoms with Crippen LogP contribution in [-0.2, 0) is 6.42 Å². The molecule has 21 heavy (non-hydrogen) atoms. The Balaban J connectivity index is 1.69. The van der Waals surface area contributed by atoms with Gasteiger partial charge >= 0.3 is 0 Å². The second-order valence-corrected chi connectivity index (χ2v) is 8.21. The number of thiophene rings is 2. The van der Waals surface area contributed by atoms with Crippen LogP contribution in [0.1, 0.15) is 43.9 Å². The van der Waals surface area contributed by atoms with Crippen LogP contribution in [-0.4, -0.2) is 17.4 Å². The molecule has 5 heteroatoms. The monoisotopic (exact) mass is 318 g/mol. The molecule has 1 saturated carbocycles. The maximum Gasteiger partial charge on any atom is 0.264 e. The van der Waals surface area contributed by atoms with Crippen LogP contribution in [0.4, 0.5) is 5.69 Å². The highest BCUT2D eigenvalue weighted by Gasteiger charge is 2.42. The summed E-state index contributed by atoms with van der Waals surface area (Å²) >= 11 is 3.36. The van der Waals surface area contributed by atoms with Crippen molar-refractivity contribution in [3.63, 3.8) is 0 Å². The summed E-state index contributed by atoms with van der Waals surface area (Å²) in [6.45, 7) is 2.81. The quantitative estimate of drug-likeness (QED) is 0.914. The van der Waals surface area contributed by atoms with Crippen LogP contribution in [0.25, 0.3) is 0 Å². The summed E-state index contributed by atoms with van der Waals surface area (Å²) in [6, 6.07) is 4.35. The number of amides is 1. The lowest BCUT2D eigenvalue weighted by molar-refractivity contribution is 0.0642. The standard InChI is InChI=1S/C16H18N2OS2/c1-9-12(17)8-14(21-9)16(19)18-6-4-13-11(5-7-20-13)15(18)10-2-3-10/h5,7-8,10,15H,2-4,6,17H2,1H3. The highest BCUT2D eigenvalue weighted by Crippen LogP contribution is 2.49. The minimum absolute atomic E-state index is 0.161. The van der Waals surface area contributed by atoms with E-state index in [9.17, 15) is 4.79 Å². The van der Waals surface area contributed by atoms with E-state index >= 15 is 0 Å². The Morgan fingerprint density at radius 1 is 1.43 bits per heavy atom. The number of carbonyl (C=O) groups is 1. The van der Waals surface area contributed by atoms with Gasteiger partial charge in [0.2, 0.25) is 0 Å². The van der Waals surface area contributed by atoms with Gasteiger partial charge in [0.15, 0.2) is 0 Å². The fraction of sp³-hybridized carbons (Fsp3) is 0.438. The van der Waals surface area contributed by atoms with Crippen LogP contribution < -0.4 is 5.73 Å². The molecule has 1 unspecified atom stereocenters. The van der Waals surface area contributed by atoms with Gasteiger partial charge in [0, 0.05) is 22.0 Å². The highest BCUT2D eigenvalue weighted by molar-refractivity contribution is 7.14. The third-order valence-electron chi connectivity index (χ3n) is 4.51. The van der Waals surface area contributed by atoms with E-state index in [4.69, 9.17) is 5.73 Å². The van der Waals surface area contributed by atoms with E-state index in [1.807, 2.05) is 24.3 Å². The molecule has 4 rings (SSSR count). The lowest BCUT2D eigenvalue weighted by Gasteiger charge is -2.36. The first-order chi connectivity index (χ1) is 10.1. The van der Waals surface area contributed by atoms with E-state index in [2.05, 4.69) is 16.3 Å². The summed E-state index contributed by atoms with van der Waals surface area (Å²) < 4.78 is 0. The molecule has 1 amide bonds. The van der Waals surface area contributed by atoms with Crippen molar-refractivity contribution in [3.05, 3.63) is 37.7 Å². The van der Waals surface area contributed by atoms with Crippen LogP contribution in [0.3, 0.4) is 0 Å². The fourth-order valence-corrected chi connectivity index (χ4v) is 5.05. The normalized spacial score (nSPS) is 21.4. The van der Waals surface area contributed by atoms with Crippen LogP contribution in [0, 0.1) is 12.8 Å². The summed E-state index contributed by atoms with van der Waals surface area (Å²) in [5.74, 6) is 0.814. The molecule has 2 aromatic heterocycles. The number of hydrogen-bond donors (Lipinski definition) is 1. The van der Waals surface area contributed by atoms with Crippen LogP contribution in [0.15, 0.2) is 17.5 Å².